The molecule has 1 saturated heterocycles. The van der Waals surface area contributed by atoms with E-state index in [9.17, 15) is 26.7 Å². The zero-order valence-electron chi connectivity index (χ0n) is 19.5. The number of nitrogens with zero attached hydrogens (tertiary/aromatic N) is 3. The second kappa shape index (κ2) is 10.8. The van der Waals surface area contributed by atoms with Crippen LogP contribution in [-0.4, -0.2) is 54.1 Å². The Kier molecular flexibility index (Phi) is 8.22. The number of likely N-dealkylation sites (tertiary alicyclic amines) is 1. The van der Waals surface area contributed by atoms with E-state index in [1.54, 1.807) is 31.2 Å². The van der Waals surface area contributed by atoms with Crippen LogP contribution in [0, 0.1) is 5.92 Å². The number of rotatable bonds is 6. The molecule has 36 heavy (non-hydrogen) atoms. The molecule has 0 radical (unpaired) electrons. The molecule has 0 bridgehead atoms. The number of aromatic nitrogens is 1. The maximum atomic E-state index is 14.5. The van der Waals surface area contributed by atoms with Crippen LogP contribution in [-0.2, 0) is 11.0 Å². The Hall–Kier alpha value is -3.21. The number of halogens is 6. The SMILES string of the molecule is CN=CC(=C(N)C(=O)N1CC(F)(F)CC(C)C1CNc1ccc(C(F)(F)F)cn1)c1ccc(Cl)cc1. The largest absolute Gasteiger partial charge is 0.417 e. The van der Waals surface area contributed by atoms with Crippen molar-refractivity contribution in [2.45, 2.75) is 31.5 Å². The van der Waals surface area contributed by atoms with Gasteiger partial charge in [0.2, 0.25) is 0 Å². The number of amides is 1. The van der Waals surface area contributed by atoms with Crippen LogP contribution in [0.1, 0.15) is 24.5 Å². The molecule has 1 aliphatic heterocycles. The summed E-state index contributed by atoms with van der Waals surface area (Å²) >= 11 is 5.93. The van der Waals surface area contributed by atoms with Gasteiger partial charge in [0.15, 0.2) is 0 Å². The van der Waals surface area contributed by atoms with Crippen molar-refractivity contribution in [2.75, 3.05) is 25.5 Å². The van der Waals surface area contributed by atoms with Gasteiger partial charge in [-0.3, -0.25) is 9.79 Å². The van der Waals surface area contributed by atoms with E-state index in [0.29, 0.717) is 16.8 Å². The first kappa shape index (κ1) is 27.4. The lowest BCUT2D eigenvalue weighted by Gasteiger charge is -2.43. The van der Waals surface area contributed by atoms with Gasteiger partial charge >= 0.3 is 6.18 Å². The number of aliphatic imine (C=N–C) groups is 1. The first-order valence-electron chi connectivity index (χ1n) is 11.0. The summed E-state index contributed by atoms with van der Waals surface area (Å²) in [6.07, 6.45) is -2.96. The first-order chi connectivity index (χ1) is 16.8. The zero-order valence-corrected chi connectivity index (χ0v) is 20.2. The molecular weight excluding hydrogens is 505 g/mol. The molecule has 194 valence electrons. The minimum atomic E-state index is -4.54. The van der Waals surface area contributed by atoms with Gasteiger partial charge in [0, 0.05) is 43.0 Å². The third kappa shape index (κ3) is 6.51. The number of piperidine rings is 1. The number of pyridine rings is 1. The molecule has 2 heterocycles. The molecule has 12 heteroatoms. The fraction of sp³-hybridized carbons (Fsp3) is 0.375. The van der Waals surface area contributed by atoms with Gasteiger partial charge in [-0.1, -0.05) is 30.7 Å². The number of carbonyl (C=O) groups excluding carboxylic acids is 1. The van der Waals surface area contributed by atoms with E-state index >= 15 is 0 Å². The molecule has 1 fully saturated rings. The lowest BCUT2D eigenvalue weighted by atomic mass is 9.88. The first-order valence-corrected chi connectivity index (χ1v) is 11.3. The van der Waals surface area contributed by atoms with Gasteiger partial charge < -0.3 is 16.0 Å². The topological polar surface area (TPSA) is 83.6 Å². The number of allylic oxidation sites excluding steroid dienone is 1. The maximum Gasteiger partial charge on any atom is 0.417 e. The number of hydrogen-bond acceptors (Lipinski definition) is 5. The molecule has 0 saturated carbocycles. The Morgan fingerprint density at radius 3 is 2.50 bits per heavy atom. The van der Waals surface area contributed by atoms with Gasteiger partial charge in [0.25, 0.3) is 11.8 Å². The average molecular weight is 530 g/mol. The van der Waals surface area contributed by atoms with Crippen molar-refractivity contribution in [1.82, 2.24) is 9.88 Å². The Morgan fingerprint density at radius 1 is 1.28 bits per heavy atom. The van der Waals surface area contributed by atoms with E-state index in [0.717, 1.165) is 17.0 Å². The molecule has 2 atom stereocenters. The Balaban J connectivity index is 1.89. The van der Waals surface area contributed by atoms with Crippen molar-refractivity contribution in [1.29, 1.82) is 0 Å². The molecule has 1 aliphatic rings. The van der Waals surface area contributed by atoms with Gasteiger partial charge in [0.1, 0.15) is 11.5 Å². The number of hydrogen-bond donors (Lipinski definition) is 2. The smallest absolute Gasteiger partial charge is 0.394 e. The minimum Gasteiger partial charge on any atom is -0.394 e. The average Bonchev–Trinajstić information content (AvgIpc) is 2.80. The summed E-state index contributed by atoms with van der Waals surface area (Å²) in [7, 11) is 1.48. The lowest BCUT2D eigenvalue weighted by molar-refractivity contribution is -0.148. The lowest BCUT2D eigenvalue weighted by Crippen LogP contribution is -2.58. The van der Waals surface area contributed by atoms with Crippen LogP contribution in [0.4, 0.5) is 27.8 Å². The molecule has 3 rings (SSSR count). The van der Waals surface area contributed by atoms with Crippen molar-refractivity contribution in [2.24, 2.45) is 16.6 Å². The van der Waals surface area contributed by atoms with Crippen LogP contribution in [0.25, 0.3) is 5.57 Å². The quantitative estimate of drug-likeness (QED) is 0.309. The molecule has 2 unspecified atom stereocenters. The summed E-state index contributed by atoms with van der Waals surface area (Å²) in [5, 5.41) is 3.31. The van der Waals surface area contributed by atoms with Crippen LogP contribution in [0.3, 0.4) is 0 Å². The van der Waals surface area contributed by atoms with Crippen molar-refractivity contribution >= 4 is 35.1 Å². The van der Waals surface area contributed by atoms with E-state index in [1.165, 1.54) is 13.3 Å². The van der Waals surface area contributed by atoms with Crippen molar-refractivity contribution in [3.8, 4) is 0 Å². The zero-order chi connectivity index (χ0) is 26.7. The van der Waals surface area contributed by atoms with Crippen LogP contribution < -0.4 is 11.1 Å². The normalized spacial score (nSPS) is 20.8. The molecule has 2 aromatic rings. The standard InChI is InChI=1S/C24H25ClF5N5O/c1-14-9-23(26,27)13-35(19(14)12-34-20-8-5-16(10-33-20)24(28,29)30)22(36)21(31)18(11-32-2)15-3-6-17(25)7-4-15/h3-8,10-11,14,19H,9,12-13,31H2,1-2H3,(H,33,34). The van der Waals surface area contributed by atoms with E-state index in [1.807, 2.05) is 0 Å². The molecule has 1 amide bonds. The second-order valence-electron chi connectivity index (χ2n) is 8.57. The molecule has 1 aromatic carbocycles. The summed E-state index contributed by atoms with van der Waals surface area (Å²) in [4.78, 5) is 22.1. The molecular formula is C24H25ClF5N5O. The molecule has 0 spiro atoms. The Bertz CT molecular complexity index is 1130. The highest BCUT2D eigenvalue weighted by Gasteiger charge is 2.46. The third-order valence-electron chi connectivity index (χ3n) is 5.86. The molecule has 1 aromatic heterocycles. The van der Waals surface area contributed by atoms with Crippen molar-refractivity contribution in [3.05, 3.63) is 64.4 Å². The molecule has 3 N–H and O–H groups in total. The Labute approximate surface area is 210 Å². The summed E-state index contributed by atoms with van der Waals surface area (Å²) < 4.78 is 67.4. The van der Waals surface area contributed by atoms with Crippen LogP contribution in [0.15, 0.2) is 53.3 Å². The number of carbonyl (C=O) groups is 1. The number of nitrogens with two attached hydrogens (primary N) is 1. The highest BCUT2D eigenvalue weighted by Crippen LogP contribution is 2.35. The summed E-state index contributed by atoms with van der Waals surface area (Å²) in [5.74, 6) is -4.48. The van der Waals surface area contributed by atoms with Gasteiger partial charge in [-0.2, -0.15) is 13.2 Å². The van der Waals surface area contributed by atoms with Crippen molar-refractivity contribution < 1.29 is 26.7 Å². The fourth-order valence-electron chi connectivity index (χ4n) is 4.08. The predicted molar refractivity (Wildman–Crippen MR) is 129 cm³/mol. The fourth-order valence-corrected chi connectivity index (χ4v) is 4.21. The summed E-state index contributed by atoms with van der Waals surface area (Å²) in [6.45, 7) is 0.695. The monoisotopic (exact) mass is 529 g/mol. The van der Waals surface area contributed by atoms with Crippen LogP contribution in [0.2, 0.25) is 5.02 Å². The van der Waals surface area contributed by atoms with Gasteiger partial charge in [-0.25, -0.2) is 13.8 Å². The van der Waals surface area contributed by atoms with Gasteiger partial charge in [-0.05, 0) is 35.7 Å². The number of alkyl halides is 5. The van der Waals surface area contributed by atoms with Crippen LogP contribution in [0.5, 0.6) is 0 Å². The second-order valence-corrected chi connectivity index (χ2v) is 9.01. The molecule has 6 nitrogen and oxygen atoms in total. The highest BCUT2D eigenvalue weighted by molar-refractivity contribution is 6.30. The molecule has 0 aliphatic carbocycles. The summed E-state index contributed by atoms with van der Waals surface area (Å²) in [5.41, 5.74) is 5.77. The minimum absolute atomic E-state index is 0.0211. The van der Waals surface area contributed by atoms with Crippen molar-refractivity contribution in [3.63, 3.8) is 0 Å². The van der Waals surface area contributed by atoms with E-state index < -0.39 is 48.5 Å². The third-order valence-corrected chi connectivity index (χ3v) is 6.11. The van der Waals surface area contributed by atoms with Gasteiger partial charge in [-0.15, -0.1) is 0 Å². The van der Waals surface area contributed by atoms with Gasteiger partial charge in [0.05, 0.1) is 18.2 Å². The number of benzene rings is 1. The number of anilines is 1. The maximum absolute atomic E-state index is 14.5. The Morgan fingerprint density at radius 2 is 1.94 bits per heavy atom. The van der Waals surface area contributed by atoms with E-state index in [2.05, 4.69) is 15.3 Å². The van der Waals surface area contributed by atoms with Crippen LogP contribution >= 0.6 is 11.6 Å². The number of nitrogens with one attached hydrogen (secondary N) is 1. The van der Waals surface area contributed by atoms with E-state index in [-0.39, 0.29) is 23.6 Å². The highest BCUT2D eigenvalue weighted by atomic mass is 35.5. The summed E-state index contributed by atoms with van der Waals surface area (Å²) in [6, 6.07) is 7.72. The predicted octanol–water partition coefficient (Wildman–Crippen LogP) is 5.11. The van der Waals surface area contributed by atoms with E-state index in [4.69, 9.17) is 17.3 Å².